The van der Waals surface area contributed by atoms with Gasteiger partial charge >= 0.3 is 0 Å². The van der Waals surface area contributed by atoms with Gasteiger partial charge in [0, 0.05) is 43.3 Å². The molecule has 1 aromatic carbocycles. The van der Waals surface area contributed by atoms with Gasteiger partial charge in [0.15, 0.2) is 0 Å². The number of anilines is 2. The second-order valence-corrected chi connectivity index (χ2v) is 9.37. The van der Waals surface area contributed by atoms with Crippen LogP contribution in [-0.4, -0.2) is 59.8 Å². The fourth-order valence-corrected chi connectivity index (χ4v) is 5.55. The van der Waals surface area contributed by atoms with Gasteiger partial charge in [-0.15, -0.1) is 0 Å². The van der Waals surface area contributed by atoms with E-state index >= 15 is 0 Å². The first-order chi connectivity index (χ1) is 14.6. The van der Waals surface area contributed by atoms with Crippen molar-refractivity contribution in [2.75, 3.05) is 38.2 Å². The number of morpholine rings is 1. The zero-order valence-corrected chi connectivity index (χ0v) is 17.3. The van der Waals surface area contributed by atoms with Crippen molar-refractivity contribution in [1.29, 1.82) is 0 Å². The SMILES string of the molecule is O=S(=O)(N1CCOCC1)N1CCc2c(ccnc2Nc2cnc3ccccc3c2)C1. The van der Waals surface area contributed by atoms with E-state index in [2.05, 4.69) is 15.3 Å². The molecule has 1 N–H and O–H groups in total. The Kier molecular flexibility index (Phi) is 5.11. The van der Waals surface area contributed by atoms with Gasteiger partial charge in [-0.05, 0) is 30.2 Å². The van der Waals surface area contributed by atoms with Crippen LogP contribution in [0.1, 0.15) is 11.1 Å². The van der Waals surface area contributed by atoms with E-state index in [1.165, 1.54) is 4.31 Å². The van der Waals surface area contributed by atoms with E-state index in [9.17, 15) is 8.42 Å². The van der Waals surface area contributed by atoms with E-state index in [0.717, 1.165) is 33.5 Å². The lowest BCUT2D eigenvalue weighted by molar-refractivity contribution is 0.0699. The first-order valence-electron chi connectivity index (χ1n) is 10.0. The number of ether oxygens (including phenoxy) is 1. The van der Waals surface area contributed by atoms with Crippen LogP contribution in [0.4, 0.5) is 11.5 Å². The Morgan fingerprint density at radius 1 is 1.00 bits per heavy atom. The van der Waals surface area contributed by atoms with Crippen molar-refractivity contribution >= 4 is 32.6 Å². The molecule has 4 heterocycles. The van der Waals surface area contributed by atoms with Crippen molar-refractivity contribution in [2.24, 2.45) is 0 Å². The summed E-state index contributed by atoms with van der Waals surface area (Å²) in [6.07, 6.45) is 4.12. The predicted octanol–water partition coefficient (Wildman–Crippen LogP) is 2.31. The second kappa shape index (κ2) is 7.92. The summed E-state index contributed by atoms with van der Waals surface area (Å²) in [5.41, 5.74) is 3.83. The molecule has 5 rings (SSSR count). The summed E-state index contributed by atoms with van der Waals surface area (Å²) in [6, 6.07) is 11.9. The van der Waals surface area contributed by atoms with Crippen LogP contribution >= 0.6 is 0 Å². The zero-order chi connectivity index (χ0) is 20.6. The third kappa shape index (κ3) is 3.65. The minimum Gasteiger partial charge on any atom is -0.379 e. The summed E-state index contributed by atoms with van der Waals surface area (Å²) >= 11 is 0. The first-order valence-corrected chi connectivity index (χ1v) is 11.4. The molecule has 0 unspecified atom stereocenters. The molecule has 0 atom stereocenters. The number of fused-ring (bicyclic) bond motifs is 2. The largest absolute Gasteiger partial charge is 0.379 e. The Hall–Kier alpha value is -2.59. The highest BCUT2D eigenvalue weighted by Crippen LogP contribution is 2.29. The molecule has 0 aliphatic carbocycles. The molecule has 0 amide bonds. The van der Waals surface area contributed by atoms with E-state index in [-0.39, 0.29) is 0 Å². The minimum absolute atomic E-state index is 0.349. The highest BCUT2D eigenvalue weighted by atomic mass is 32.2. The monoisotopic (exact) mass is 425 g/mol. The van der Waals surface area contributed by atoms with E-state index in [1.807, 2.05) is 36.4 Å². The second-order valence-electron chi connectivity index (χ2n) is 7.44. The number of rotatable bonds is 4. The molecule has 156 valence electrons. The Balaban J connectivity index is 1.38. The van der Waals surface area contributed by atoms with Crippen LogP contribution < -0.4 is 5.32 Å². The van der Waals surface area contributed by atoms with E-state index in [4.69, 9.17) is 4.74 Å². The standard InChI is InChI=1S/C21H23N5O3S/c27-30(28,25-9-11-29-12-10-25)26-8-6-19-17(15-26)5-7-22-21(19)24-18-13-16-3-1-2-4-20(16)23-14-18/h1-5,7,13-14H,6,8-12,15H2,(H,22,24). The van der Waals surface area contributed by atoms with Crippen LogP contribution in [0.2, 0.25) is 0 Å². The molecular formula is C21H23N5O3S. The Morgan fingerprint density at radius 2 is 1.83 bits per heavy atom. The summed E-state index contributed by atoms with van der Waals surface area (Å²) in [6.45, 7) is 2.49. The van der Waals surface area contributed by atoms with Crippen LogP contribution in [0.25, 0.3) is 10.9 Å². The molecule has 2 aliphatic heterocycles. The Bertz CT molecular complexity index is 1180. The number of nitrogens with zero attached hydrogens (tertiary/aromatic N) is 4. The third-order valence-electron chi connectivity index (χ3n) is 5.59. The number of para-hydroxylation sites is 1. The normalized spacial score (nSPS) is 18.3. The third-order valence-corrected chi connectivity index (χ3v) is 7.57. The lowest BCUT2D eigenvalue weighted by Crippen LogP contribution is -2.49. The fourth-order valence-electron chi connectivity index (χ4n) is 3.99. The number of hydrogen-bond donors (Lipinski definition) is 1. The molecule has 0 radical (unpaired) electrons. The summed E-state index contributed by atoms with van der Waals surface area (Å²) in [7, 11) is -3.49. The van der Waals surface area contributed by atoms with Crippen LogP contribution in [0, 0.1) is 0 Å². The maximum Gasteiger partial charge on any atom is 0.282 e. The van der Waals surface area contributed by atoms with Gasteiger partial charge in [-0.2, -0.15) is 17.0 Å². The molecule has 2 aromatic heterocycles. The molecule has 0 saturated carbocycles. The lowest BCUT2D eigenvalue weighted by atomic mass is 10.0. The summed E-state index contributed by atoms with van der Waals surface area (Å²) in [5.74, 6) is 0.757. The molecule has 0 bridgehead atoms. The topological polar surface area (TPSA) is 87.7 Å². The van der Waals surface area contributed by atoms with Crippen LogP contribution in [-0.2, 0) is 27.9 Å². The van der Waals surface area contributed by atoms with Gasteiger partial charge in [0.05, 0.1) is 30.6 Å². The Labute approximate surface area is 175 Å². The van der Waals surface area contributed by atoms with E-state index in [0.29, 0.717) is 45.8 Å². The summed E-state index contributed by atoms with van der Waals surface area (Å²) in [4.78, 5) is 9.00. The van der Waals surface area contributed by atoms with Crippen molar-refractivity contribution < 1.29 is 13.2 Å². The highest BCUT2D eigenvalue weighted by molar-refractivity contribution is 7.86. The van der Waals surface area contributed by atoms with Crippen molar-refractivity contribution in [3.63, 3.8) is 0 Å². The van der Waals surface area contributed by atoms with Crippen LogP contribution in [0.15, 0.2) is 48.8 Å². The molecule has 3 aromatic rings. The highest BCUT2D eigenvalue weighted by Gasteiger charge is 2.33. The summed E-state index contributed by atoms with van der Waals surface area (Å²) in [5, 5.41) is 4.42. The molecule has 9 heteroatoms. The smallest absolute Gasteiger partial charge is 0.282 e. The average Bonchev–Trinajstić information content (AvgIpc) is 2.79. The molecule has 2 aliphatic rings. The van der Waals surface area contributed by atoms with E-state index in [1.54, 1.807) is 16.7 Å². The number of hydrogen-bond acceptors (Lipinski definition) is 6. The van der Waals surface area contributed by atoms with Gasteiger partial charge in [0.25, 0.3) is 10.2 Å². The van der Waals surface area contributed by atoms with Gasteiger partial charge in [-0.25, -0.2) is 4.98 Å². The number of nitrogens with one attached hydrogen (secondary N) is 1. The molecule has 1 saturated heterocycles. The van der Waals surface area contributed by atoms with Crippen molar-refractivity contribution in [3.05, 3.63) is 59.9 Å². The predicted molar refractivity (Wildman–Crippen MR) is 115 cm³/mol. The van der Waals surface area contributed by atoms with E-state index < -0.39 is 10.2 Å². The molecule has 30 heavy (non-hydrogen) atoms. The molecule has 1 fully saturated rings. The van der Waals surface area contributed by atoms with Gasteiger partial charge in [0.1, 0.15) is 5.82 Å². The fraction of sp³-hybridized carbons (Fsp3) is 0.333. The van der Waals surface area contributed by atoms with Gasteiger partial charge in [-0.3, -0.25) is 4.98 Å². The molecule has 8 nitrogen and oxygen atoms in total. The zero-order valence-electron chi connectivity index (χ0n) is 16.5. The van der Waals surface area contributed by atoms with Crippen molar-refractivity contribution in [1.82, 2.24) is 18.6 Å². The Morgan fingerprint density at radius 3 is 2.70 bits per heavy atom. The number of aromatic nitrogens is 2. The van der Waals surface area contributed by atoms with Crippen LogP contribution in [0.5, 0.6) is 0 Å². The molecular weight excluding hydrogens is 402 g/mol. The minimum atomic E-state index is -3.49. The molecule has 0 spiro atoms. The summed E-state index contributed by atoms with van der Waals surface area (Å²) < 4.78 is 34.4. The van der Waals surface area contributed by atoms with Crippen LogP contribution in [0.3, 0.4) is 0 Å². The van der Waals surface area contributed by atoms with Gasteiger partial charge < -0.3 is 10.1 Å². The maximum absolute atomic E-state index is 13.0. The average molecular weight is 426 g/mol. The lowest BCUT2D eigenvalue weighted by Gasteiger charge is -2.34. The van der Waals surface area contributed by atoms with Crippen molar-refractivity contribution in [2.45, 2.75) is 13.0 Å². The quantitative estimate of drug-likeness (QED) is 0.690. The number of pyridine rings is 2. The maximum atomic E-state index is 13.0. The van der Waals surface area contributed by atoms with Crippen molar-refractivity contribution in [3.8, 4) is 0 Å². The number of benzene rings is 1. The first kappa shape index (κ1) is 19.4. The van der Waals surface area contributed by atoms with Gasteiger partial charge in [-0.1, -0.05) is 18.2 Å². The van der Waals surface area contributed by atoms with Gasteiger partial charge in [0.2, 0.25) is 0 Å².